The second-order valence-corrected chi connectivity index (χ2v) is 3.84. The number of hydrogen-bond acceptors (Lipinski definition) is 3. The first-order valence-electron chi connectivity index (χ1n) is 5.12. The maximum absolute atomic E-state index is 5.65. The number of nitrogens with zero attached hydrogens (tertiary/aromatic N) is 1. The summed E-state index contributed by atoms with van der Waals surface area (Å²) >= 11 is 0. The van der Waals surface area contributed by atoms with E-state index in [4.69, 9.17) is 10.5 Å². The molecule has 0 atom stereocenters. The second kappa shape index (κ2) is 6.35. The molecule has 0 aromatic carbocycles. The van der Waals surface area contributed by atoms with Crippen LogP contribution in [0.25, 0.3) is 0 Å². The first-order valence-corrected chi connectivity index (χ1v) is 5.12. The number of likely N-dealkylation sites (N-methyl/N-ethyl adjacent to an activating group) is 1. The molecule has 0 aliphatic rings. The molecule has 3 heteroatoms. The quantitative estimate of drug-likeness (QED) is 0.650. The molecule has 0 bridgehead atoms. The lowest BCUT2D eigenvalue weighted by molar-refractivity contribution is -0.0190. The molecule has 13 heavy (non-hydrogen) atoms. The summed E-state index contributed by atoms with van der Waals surface area (Å²) in [6.45, 7) is 12.9. The lowest BCUT2D eigenvalue weighted by Gasteiger charge is -2.25. The van der Waals surface area contributed by atoms with Crippen LogP contribution < -0.4 is 5.73 Å². The van der Waals surface area contributed by atoms with Crippen LogP contribution in [-0.2, 0) is 4.74 Å². The van der Waals surface area contributed by atoms with Crippen molar-refractivity contribution >= 4 is 0 Å². The van der Waals surface area contributed by atoms with E-state index in [0.717, 1.165) is 26.2 Å². The Hall–Kier alpha value is -0.120. The summed E-state index contributed by atoms with van der Waals surface area (Å²) in [6, 6.07) is 0. The molecule has 0 heterocycles. The third kappa shape index (κ3) is 6.02. The predicted octanol–water partition coefficient (Wildman–Crippen LogP) is 1.08. The van der Waals surface area contributed by atoms with Crippen LogP contribution in [0.3, 0.4) is 0 Å². The average molecular weight is 188 g/mol. The molecule has 3 nitrogen and oxygen atoms in total. The van der Waals surface area contributed by atoms with Crippen molar-refractivity contribution in [2.45, 2.75) is 33.3 Å². The molecular formula is C10H24N2O. The Labute approximate surface area is 82.2 Å². The minimum Gasteiger partial charge on any atom is -0.373 e. The summed E-state index contributed by atoms with van der Waals surface area (Å²) in [5.41, 5.74) is 5.38. The molecule has 0 amide bonds. The van der Waals surface area contributed by atoms with Gasteiger partial charge in [0.1, 0.15) is 0 Å². The van der Waals surface area contributed by atoms with Gasteiger partial charge in [-0.25, -0.2) is 0 Å². The van der Waals surface area contributed by atoms with Crippen LogP contribution in [0.15, 0.2) is 0 Å². The topological polar surface area (TPSA) is 38.5 Å². The van der Waals surface area contributed by atoms with E-state index in [1.54, 1.807) is 0 Å². The number of ether oxygens (including phenoxy) is 1. The smallest absolute Gasteiger partial charge is 0.0748 e. The van der Waals surface area contributed by atoms with Crippen molar-refractivity contribution in [1.29, 1.82) is 0 Å². The zero-order valence-corrected chi connectivity index (χ0v) is 9.47. The molecule has 0 aromatic rings. The van der Waals surface area contributed by atoms with Gasteiger partial charge in [0.25, 0.3) is 0 Å². The van der Waals surface area contributed by atoms with Crippen molar-refractivity contribution in [3.63, 3.8) is 0 Å². The average Bonchev–Trinajstić information content (AvgIpc) is 2.12. The molecule has 0 radical (unpaired) electrons. The minimum absolute atomic E-state index is 0.173. The van der Waals surface area contributed by atoms with Gasteiger partial charge in [0.2, 0.25) is 0 Å². The van der Waals surface area contributed by atoms with Crippen LogP contribution >= 0.6 is 0 Å². The van der Waals surface area contributed by atoms with E-state index in [-0.39, 0.29) is 5.60 Å². The van der Waals surface area contributed by atoms with E-state index in [9.17, 15) is 0 Å². The second-order valence-electron chi connectivity index (χ2n) is 3.84. The van der Waals surface area contributed by atoms with Gasteiger partial charge in [-0.3, -0.25) is 0 Å². The molecule has 0 aliphatic heterocycles. The van der Waals surface area contributed by atoms with Gasteiger partial charge in [0.05, 0.1) is 12.2 Å². The summed E-state index contributed by atoms with van der Waals surface area (Å²) in [7, 11) is 0. The highest BCUT2D eigenvalue weighted by Gasteiger charge is 2.15. The zero-order valence-electron chi connectivity index (χ0n) is 9.47. The standard InChI is InChI=1S/C10H24N2O/c1-5-12(6-2)7-8-13-10(3,4)9-11/h5-9,11H2,1-4H3. The third-order valence-corrected chi connectivity index (χ3v) is 2.29. The first-order chi connectivity index (χ1) is 6.05. The maximum atomic E-state index is 5.65. The van der Waals surface area contributed by atoms with Crippen molar-refractivity contribution in [3.8, 4) is 0 Å². The number of rotatable bonds is 7. The van der Waals surface area contributed by atoms with Crippen LogP contribution in [0.5, 0.6) is 0 Å². The van der Waals surface area contributed by atoms with Gasteiger partial charge in [-0.2, -0.15) is 0 Å². The maximum Gasteiger partial charge on any atom is 0.0748 e. The lowest BCUT2D eigenvalue weighted by atomic mass is 10.1. The SMILES string of the molecule is CCN(CC)CCOC(C)(C)CN. The fraction of sp³-hybridized carbons (Fsp3) is 1.00. The van der Waals surface area contributed by atoms with E-state index in [2.05, 4.69) is 18.7 Å². The van der Waals surface area contributed by atoms with Crippen LogP contribution in [0.1, 0.15) is 27.7 Å². The van der Waals surface area contributed by atoms with Crippen LogP contribution in [-0.4, -0.2) is 43.3 Å². The van der Waals surface area contributed by atoms with E-state index >= 15 is 0 Å². The molecule has 0 spiro atoms. The molecule has 0 saturated heterocycles. The molecule has 0 rings (SSSR count). The summed E-state index contributed by atoms with van der Waals surface area (Å²) in [4.78, 5) is 2.34. The number of nitrogens with two attached hydrogens (primary N) is 1. The van der Waals surface area contributed by atoms with Crippen LogP contribution in [0.4, 0.5) is 0 Å². The zero-order chi connectivity index (χ0) is 10.3. The molecule has 0 fully saturated rings. The van der Waals surface area contributed by atoms with Crippen molar-refractivity contribution in [1.82, 2.24) is 4.90 Å². The van der Waals surface area contributed by atoms with Gasteiger partial charge in [0, 0.05) is 13.1 Å². The lowest BCUT2D eigenvalue weighted by Crippen LogP contribution is -2.37. The van der Waals surface area contributed by atoms with E-state index < -0.39 is 0 Å². The van der Waals surface area contributed by atoms with Gasteiger partial charge in [-0.05, 0) is 26.9 Å². The Morgan fingerprint density at radius 2 is 1.77 bits per heavy atom. The summed E-state index contributed by atoms with van der Waals surface area (Å²) < 4.78 is 5.65. The Balaban J connectivity index is 3.54. The number of hydrogen-bond donors (Lipinski definition) is 1. The fourth-order valence-electron chi connectivity index (χ4n) is 1.05. The monoisotopic (exact) mass is 188 g/mol. The first kappa shape index (κ1) is 12.9. The van der Waals surface area contributed by atoms with Crippen molar-refractivity contribution < 1.29 is 4.74 Å². The highest BCUT2D eigenvalue weighted by atomic mass is 16.5. The summed E-state index contributed by atoms with van der Waals surface area (Å²) in [6.07, 6.45) is 0. The normalized spacial score (nSPS) is 12.5. The van der Waals surface area contributed by atoms with E-state index in [1.165, 1.54) is 0 Å². The van der Waals surface area contributed by atoms with Crippen LogP contribution in [0, 0.1) is 0 Å². The van der Waals surface area contributed by atoms with Gasteiger partial charge >= 0.3 is 0 Å². The Bertz CT molecular complexity index is 122. The Morgan fingerprint density at radius 1 is 1.23 bits per heavy atom. The molecule has 2 N–H and O–H groups in total. The van der Waals surface area contributed by atoms with Crippen molar-refractivity contribution in [2.75, 3.05) is 32.8 Å². The third-order valence-electron chi connectivity index (χ3n) is 2.29. The summed E-state index contributed by atoms with van der Waals surface area (Å²) in [5, 5.41) is 0. The predicted molar refractivity (Wildman–Crippen MR) is 56.9 cm³/mol. The fourth-order valence-corrected chi connectivity index (χ4v) is 1.05. The van der Waals surface area contributed by atoms with Crippen LogP contribution in [0.2, 0.25) is 0 Å². The molecular weight excluding hydrogens is 164 g/mol. The van der Waals surface area contributed by atoms with Gasteiger partial charge in [-0.1, -0.05) is 13.8 Å². The highest BCUT2D eigenvalue weighted by molar-refractivity contribution is 4.69. The van der Waals surface area contributed by atoms with Gasteiger partial charge in [-0.15, -0.1) is 0 Å². The molecule has 0 unspecified atom stereocenters. The molecule has 0 saturated carbocycles. The van der Waals surface area contributed by atoms with Gasteiger partial charge < -0.3 is 15.4 Å². The van der Waals surface area contributed by atoms with Crippen molar-refractivity contribution in [2.24, 2.45) is 5.73 Å². The summed E-state index contributed by atoms with van der Waals surface area (Å²) in [5.74, 6) is 0. The Morgan fingerprint density at radius 3 is 2.15 bits per heavy atom. The largest absolute Gasteiger partial charge is 0.373 e. The molecule has 80 valence electrons. The van der Waals surface area contributed by atoms with E-state index in [1.807, 2.05) is 13.8 Å². The minimum atomic E-state index is -0.173. The molecule has 0 aliphatic carbocycles. The van der Waals surface area contributed by atoms with Gasteiger partial charge in [0.15, 0.2) is 0 Å². The highest BCUT2D eigenvalue weighted by Crippen LogP contribution is 2.05. The van der Waals surface area contributed by atoms with Crippen molar-refractivity contribution in [3.05, 3.63) is 0 Å². The Kier molecular flexibility index (Phi) is 6.29. The van der Waals surface area contributed by atoms with E-state index in [0.29, 0.717) is 6.54 Å². The molecule has 0 aromatic heterocycles.